The minimum Gasteiger partial charge on any atom is -0.496 e. The third kappa shape index (κ3) is 14.0. The Morgan fingerprint density at radius 2 is 1.33 bits per heavy atom. The second-order valence-corrected chi connectivity index (χ2v) is 20.8. The molecule has 2 aromatic carbocycles. The first-order valence-corrected chi connectivity index (χ1v) is 27.2. The van der Waals surface area contributed by atoms with Crippen LogP contribution in [0.5, 0.6) is 11.5 Å². The molecule has 4 aromatic rings. The van der Waals surface area contributed by atoms with Crippen LogP contribution in [0.1, 0.15) is 142 Å². The second kappa shape index (κ2) is 25.5. The van der Waals surface area contributed by atoms with E-state index in [0.29, 0.717) is 50.8 Å². The summed E-state index contributed by atoms with van der Waals surface area (Å²) in [4.78, 5) is 39.3. The van der Waals surface area contributed by atoms with Gasteiger partial charge in [-0.2, -0.15) is 0 Å². The molecule has 0 amide bonds. The number of unbranched alkanes of at least 4 members (excludes halogenated alkanes) is 2. The van der Waals surface area contributed by atoms with Crippen molar-refractivity contribution in [3.63, 3.8) is 0 Å². The Labute approximate surface area is 430 Å². The van der Waals surface area contributed by atoms with Crippen LogP contribution in [-0.2, 0) is 49.5 Å². The van der Waals surface area contributed by atoms with Crippen LogP contribution in [0.4, 0.5) is 20.4 Å². The van der Waals surface area contributed by atoms with E-state index in [9.17, 15) is 18.4 Å². The molecule has 5 atom stereocenters. The van der Waals surface area contributed by atoms with Crippen LogP contribution >= 0.6 is 0 Å². The molecule has 6 aliphatic rings. The fourth-order valence-electron chi connectivity index (χ4n) is 11.3. The number of ketones is 2. The number of aryl methyl sites for hydroxylation is 3. The summed E-state index contributed by atoms with van der Waals surface area (Å²) in [7, 11) is 1.72. The van der Waals surface area contributed by atoms with Gasteiger partial charge in [-0.3, -0.25) is 19.4 Å². The smallest absolute Gasteiger partial charge is 0.151 e. The van der Waals surface area contributed by atoms with Gasteiger partial charge in [-0.25, -0.2) is 18.7 Å². The van der Waals surface area contributed by atoms with Crippen LogP contribution in [0.25, 0.3) is 0 Å². The predicted molar refractivity (Wildman–Crippen MR) is 278 cm³/mol. The topological polar surface area (TPSA) is 137 Å². The molecule has 5 aliphatic heterocycles. The van der Waals surface area contributed by atoms with Gasteiger partial charge in [0.1, 0.15) is 34.8 Å². The van der Waals surface area contributed by atoms with Crippen LogP contribution in [0.2, 0.25) is 0 Å². The lowest BCUT2D eigenvalue weighted by Gasteiger charge is -2.29. The van der Waals surface area contributed by atoms with Crippen molar-refractivity contribution < 1.29 is 42.1 Å². The van der Waals surface area contributed by atoms with Crippen molar-refractivity contribution in [3.8, 4) is 11.5 Å². The van der Waals surface area contributed by atoms with Crippen molar-refractivity contribution in [1.82, 2.24) is 19.8 Å². The van der Waals surface area contributed by atoms with Gasteiger partial charge in [0, 0.05) is 93.6 Å². The number of nitrogens with zero attached hydrogens (tertiary/aromatic N) is 4. The van der Waals surface area contributed by atoms with Crippen molar-refractivity contribution in [2.45, 2.75) is 146 Å². The summed E-state index contributed by atoms with van der Waals surface area (Å²) < 4.78 is 58.0. The highest BCUT2D eigenvalue weighted by Gasteiger charge is 2.37. The number of aromatic nitrogens is 2. The molecule has 0 radical (unpaired) electrons. The molecule has 15 heteroatoms. The van der Waals surface area contributed by atoms with Crippen LogP contribution in [0.15, 0.2) is 54.6 Å². The number of nitrogens with one attached hydrogen (secondary N) is 2. The van der Waals surface area contributed by atoms with E-state index in [0.717, 1.165) is 156 Å². The van der Waals surface area contributed by atoms with Gasteiger partial charge in [0.25, 0.3) is 0 Å². The van der Waals surface area contributed by atoms with Crippen LogP contribution in [0, 0.1) is 11.6 Å². The number of carbonyl (C=O) groups excluding carboxylic acids is 2. The lowest BCUT2D eigenvalue weighted by Crippen LogP contribution is -2.33. The molecular weight excluding hydrogens is 931 g/mol. The number of hydrogen-bond donors (Lipinski definition) is 2. The van der Waals surface area contributed by atoms with Gasteiger partial charge >= 0.3 is 0 Å². The third-order valence-electron chi connectivity index (χ3n) is 15.2. The largest absolute Gasteiger partial charge is 0.496 e. The Balaban J connectivity index is 0.000000180. The summed E-state index contributed by atoms with van der Waals surface area (Å²) in [5.74, 6) is 3.19. The van der Waals surface area contributed by atoms with Crippen molar-refractivity contribution in [2.75, 3.05) is 83.4 Å². The number of benzene rings is 2. The Kier molecular flexibility index (Phi) is 18.4. The fourth-order valence-corrected chi connectivity index (χ4v) is 11.3. The van der Waals surface area contributed by atoms with E-state index < -0.39 is 12.1 Å². The maximum absolute atomic E-state index is 14.3. The zero-order valence-electron chi connectivity index (χ0n) is 43.2. The van der Waals surface area contributed by atoms with Gasteiger partial charge in [0.05, 0.1) is 44.1 Å². The Hall–Kier alpha value is -5.06. The first-order valence-electron chi connectivity index (χ1n) is 27.2. The van der Waals surface area contributed by atoms with Gasteiger partial charge in [-0.1, -0.05) is 12.1 Å². The highest BCUT2D eigenvalue weighted by Crippen LogP contribution is 2.39. The van der Waals surface area contributed by atoms with Gasteiger partial charge < -0.3 is 34.3 Å². The molecule has 2 aromatic heterocycles. The van der Waals surface area contributed by atoms with E-state index in [-0.39, 0.29) is 47.4 Å². The number of hydrogen-bond acceptors (Lipinski definition) is 13. The van der Waals surface area contributed by atoms with Gasteiger partial charge in [-0.15, -0.1) is 0 Å². The van der Waals surface area contributed by atoms with E-state index in [1.54, 1.807) is 33.1 Å². The molecule has 3 saturated heterocycles. The van der Waals surface area contributed by atoms with Crippen molar-refractivity contribution >= 4 is 23.2 Å². The number of methoxy groups -OCH3 is 1. The Bertz CT molecular complexity index is 2490. The van der Waals surface area contributed by atoms with Crippen LogP contribution < -0.4 is 20.1 Å². The van der Waals surface area contributed by atoms with Crippen LogP contribution in [0.3, 0.4) is 0 Å². The summed E-state index contributed by atoms with van der Waals surface area (Å²) in [6, 6.07) is 14.9. The molecule has 0 bridgehead atoms. The summed E-state index contributed by atoms with van der Waals surface area (Å²) in [6.07, 6.45) is 15.2. The quantitative estimate of drug-likeness (QED) is 0.0724. The number of pyridine rings is 2. The van der Waals surface area contributed by atoms with Gasteiger partial charge in [0.15, 0.2) is 11.6 Å². The molecular formula is C58H76F2N6O7. The van der Waals surface area contributed by atoms with E-state index in [4.69, 9.17) is 33.7 Å². The number of ether oxygens (including phenoxy) is 5. The summed E-state index contributed by atoms with van der Waals surface area (Å²) in [6.45, 7) is 10.7. The molecule has 7 heterocycles. The normalized spacial score (nSPS) is 21.5. The fraction of sp³-hybridized carbons (Fsp3) is 0.586. The number of rotatable bonds is 22. The first-order chi connectivity index (χ1) is 35.6. The molecule has 13 nitrogen and oxygen atoms in total. The van der Waals surface area contributed by atoms with Crippen LogP contribution in [-0.4, -0.2) is 122 Å². The molecule has 394 valence electrons. The average Bonchev–Trinajstić information content (AvgIpc) is 3.69. The number of halogens is 2. The highest BCUT2D eigenvalue weighted by molar-refractivity contribution is 5.84. The molecule has 0 spiro atoms. The molecule has 1 aliphatic carbocycles. The Morgan fingerprint density at radius 3 is 1.99 bits per heavy atom. The molecule has 2 N–H and O–H groups in total. The number of likely N-dealkylation sites (tertiary alicyclic amines) is 2. The minimum atomic E-state index is -0.517. The number of fused-ring (bicyclic) bond motifs is 2. The van der Waals surface area contributed by atoms with Crippen molar-refractivity contribution in [1.29, 1.82) is 0 Å². The van der Waals surface area contributed by atoms with Gasteiger partial charge in [-0.05, 0) is 163 Å². The number of carbonyl (C=O) groups is 2. The summed E-state index contributed by atoms with van der Waals surface area (Å²) >= 11 is 0. The maximum atomic E-state index is 14.3. The molecule has 73 heavy (non-hydrogen) atoms. The van der Waals surface area contributed by atoms with E-state index in [2.05, 4.69) is 38.6 Å². The number of anilines is 2. The van der Waals surface area contributed by atoms with E-state index in [1.165, 1.54) is 35.7 Å². The number of Topliss-reactive ketones (excluding diaryl/α,β-unsaturated/α-hetero) is 2. The minimum absolute atomic E-state index is 0.00522. The molecule has 0 unspecified atom stereocenters. The monoisotopic (exact) mass is 1010 g/mol. The third-order valence-corrected chi connectivity index (χ3v) is 15.2. The standard InChI is InChI=1S/C29H38FN3O4.C29H38FN3O3/c1-19(34)28(25-16-20(30)8-11-26(25)37-22-9-10-22)33-14-12-23(18-33)36-15-4-3-6-21-17-27(35-2)24-7-5-13-31-29(24)32-21;1-20(34)28(27-17-23(30)8-10-26(27)22-12-16-35-19-22)33-14-11-25(18-33)36-15-3-2-6-24-9-7-21-5-4-13-31-29(21)32-24/h8,11,16-17,22-23,28H,3-7,9-10,12-15,18H2,1-2H3,(H,31,32);7-10,17,22,25,28H,2-6,11-16,18-19H2,1H3,(H,31,32)/t23-,28-;22-,25+,28+/m10/s1. The van der Waals surface area contributed by atoms with Crippen molar-refractivity contribution in [3.05, 3.63) is 105 Å². The predicted octanol–water partition coefficient (Wildman–Crippen LogP) is 9.70. The summed E-state index contributed by atoms with van der Waals surface area (Å²) in [5, 5.41) is 6.80. The molecule has 1 saturated carbocycles. The zero-order valence-corrected chi connectivity index (χ0v) is 43.2. The van der Waals surface area contributed by atoms with Gasteiger partial charge in [0.2, 0.25) is 0 Å². The lowest BCUT2D eigenvalue weighted by atomic mass is 9.88. The maximum Gasteiger partial charge on any atom is 0.151 e. The SMILES string of the molecule is CC(=O)[C@H](c1cc(F)ccc1[C@H]1CCOC1)N1CC[C@@H](OCCCCc2ccc3c(n2)NCCC3)C1.COc1cc(CCCCO[C@@H]2CCN([C@H](C(C)=O)c3cc(F)ccc3OC3CC3)C2)nc2c1CCCN2. The molecule has 10 rings (SSSR count). The first kappa shape index (κ1) is 52.8. The average molecular weight is 1010 g/mol. The van der Waals surface area contributed by atoms with E-state index in [1.807, 2.05) is 6.07 Å². The summed E-state index contributed by atoms with van der Waals surface area (Å²) in [5.41, 5.74) is 7.15. The lowest BCUT2D eigenvalue weighted by molar-refractivity contribution is -0.123. The second-order valence-electron chi connectivity index (χ2n) is 20.8. The highest BCUT2D eigenvalue weighted by atomic mass is 19.1. The zero-order chi connectivity index (χ0) is 50.7. The Morgan fingerprint density at radius 1 is 0.699 bits per heavy atom. The molecule has 4 fully saturated rings. The van der Waals surface area contributed by atoms with Crippen molar-refractivity contribution in [2.24, 2.45) is 0 Å². The van der Waals surface area contributed by atoms with E-state index >= 15 is 0 Å².